The molecule has 190 valence electrons. The number of hydrogen-bond donors (Lipinski definition) is 1. The summed E-state index contributed by atoms with van der Waals surface area (Å²) < 4.78 is 32.3. The number of carboxylic acid groups (broad SMARTS) is 2. The first kappa shape index (κ1) is 39.4. The van der Waals surface area contributed by atoms with Crippen molar-refractivity contribution in [1.82, 2.24) is 0 Å². The van der Waals surface area contributed by atoms with Crippen LogP contribution in [0.5, 0.6) is 0 Å². The van der Waals surface area contributed by atoms with E-state index in [1.165, 1.54) is 0 Å². The van der Waals surface area contributed by atoms with Crippen molar-refractivity contribution in [3.8, 4) is 0 Å². The maximum Gasteiger partial charge on any atom is 1.00 e. The van der Waals surface area contributed by atoms with Crippen LogP contribution in [0, 0.1) is 17.8 Å². The summed E-state index contributed by atoms with van der Waals surface area (Å²) in [5.41, 5.74) is 0. The van der Waals surface area contributed by atoms with Gasteiger partial charge in [0.15, 0.2) is 0 Å². The van der Waals surface area contributed by atoms with E-state index in [1.807, 2.05) is 27.7 Å². The third kappa shape index (κ3) is 12.9. The van der Waals surface area contributed by atoms with Crippen molar-refractivity contribution in [1.29, 1.82) is 0 Å². The van der Waals surface area contributed by atoms with Gasteiger partial charge in [0.05, 0.1) is 5.97 Å². The molecule has 0 saturated carbocycles. The molecule has 1 N–H and O–H groups in total. The number of carbonyl (C=O) groups is 2. The molecule has 0 aliphatic carbocycles. The summed E-state index contributed by atoms with van der Waals surface area (Å²) in [7, 11) is -5.28. The molecule has 0 spiro atoms. The van der Waals surface area contributed by atoms with E-state index < -0.39 is 39.1 Å². The Hall–Kier alpha value is 0.850. The Morgan fingerprint density at radius 1 is 0.765 bits per heavy atom. The molecule has 0 fully saturated rings. The van der Waals surface area contributed by atoms with Gasteiger partial charge in [-0.15, -0.1) is 0 Å². The van der Waals surface area contributed by atoms with Crippen LogP contribution in [0.2, 0.25) is 0 Å². The molecule has 7 nitrogen and oxygen atoms in total. The zero-order chi connectivity index (χ0) is 24.8. The van der Waals surface area contributed by atoms with Crippen LogP contribution in [0.4, 0.5) is 0 Å². The first-order valence-corrected chi connectivity index (χ1v) is 13.8. The minimum absolute atomic E-state index is 0. The first-order chi connectivity index (χ1) is 15.0. The van der Waals surface area contributed by atoms with Crippen LogP contribution in [-0.2, 0) is 19.7 Å². The molecule has 0 heterocycles. The molecule has 0 bridgehead atoms. The topological polar surface area (TPSA) is 135 Å². The average Bonchev–Trinajstić information content (AvgIpc) is 2.69. The van der Waals surface area contributed by atoms with Gasteiger partial charge in [0, 0.05) is 11.9 Å². The van der Waals surface area contributed by atoms with Gasteiger partial charge >= 0.3 is 59.1 Å². The molecule has 0 aliphatic rings. The Balaban J connectivity index is -0.00000480. The van der Waals surface area contributed by atoms with E-state index in [0.717, 1.165) is 44.9 Å². The van der Waals surface area contributed by atoms with Crippen LogP contribution < -0.4 is 69.3 Å². The molecule has 4 unspecified atom stereocenters. The number of aliphatic carboxylic acids is 2. The molecule has 0 aliphatic heterocycles. The van der Waals surface area contributed by atoms with Crippen LogP contribution >= 0.6 is 0 Å². The second kappa shape index (κ2) is 20.9. The van der Waals surface area contributed by atoms with E-state index in [-0.39, 0.29) is 77.4 Å². The van der Waals surface area contributed by atoms with Crippen molar-refractivity contribution in [3.05, 3.63) is 0 Å². The molecule has 0 amide bonds. The standard InChI is InChI=1S/C24H46O7S.2Na/c1-5-9-11-15-19(13-7-3)17-21(22(25)26)24(23(27)28,32(29,30)31)18-20(14-8-4)16-12-10-6-2;;/h19-21H,5-18H2,1-4H3,(H,25,26)(H,27,28)(H,29,30,31);;/q;2*+1/p-2. The van der Waals surface area contributed by atoms with Crippen molar-refractivity contribution in [2.75, 3.05) is 0 Å². The van der Waals surface area contributed by atoms with Crippen molar-refractivity contribution in [2.45, 2.75) is 122 Å². The van der Waals surface area contributed by atoms with Crippen LogP contribution in [0.3, 0.4) is 0 Å². The minimum atomic E-state index is -5.28. The van der Waals surface area contributed by atoms with E-state index in [0.29, 0.717) is 32.1 Å². The molecular weight excluding hydrogens is 478 g/mol. The predicted molar refractivity (Wildman–Crippen MR) is 122 cm³/mol. The fraction of sp³-hybridized carbons (Fsp3) is 0.917. The molecule has 0 radical (unpaired) electrons. The van der Waals surface area contributed by atoms with Crippen molar-refractivity contribution in [3.63, 3.8) is 0 Å². The molecule has 0 aromatic heterocycles. The first-order valence-electron chi connectivity index (χ1n) is 12.4. The van der Waals surface area contributed by atoms with Gasteiger partial charge in [-0.2, -0.15) is 8.42 Å². The summed E-state index contributed by atoms with van der Waals surface area (Å²) in [6.07, 6.45) is 8.67. The van der Waals surface area contributed by atoms with E-state index in [4.69, 9.17) is 0 Å². The van der Waals surface area contributed by atoms with Crippen molar-refractivity contribution < 1.29 is 91.9 Å². The summed E-state index contributed by atoms with van der Waals surface area (Å²) in [5.74, 6) is -6.19. The van der Waals surface area contributed by atoms with Gasteiger partial charge in [-0.25, -0.2) is 0 Å². The van der Waals surface area contributed by atoms with Gasteiger partial charge in [0.1, 0.15) is 4.75 Å². The van der Waals surface area contributed by atoms with E-state index in [2.05, 4.69) is 0 Å². The Morgan fingerprint density at radius 3 is 1.56 bits per heavy atom. The minimum Gasteiger partial charge on any atom is -0.550 e. The Morgan fingerprint density at radius 2 is 1.21 bits per heavy atom. The second-order valence-electron chi connectivity index (χ2n) is 9.26. The Labute approximate surface area is 251 Å². The van der Waals surface area contributed by atoms with E-state index >= 15 is 0 Å². The number of carbonyl (C=O) groups excluding carboxylic acids is 2. The summed E-state index contributed by atoms with van der Waals surface area (Å²) in [5, 5.41) is 24.5. The zero-order valence-electron chi connectivity index (χ0n) is 22.4. The van der Waals surface area contributed by atoms with E-state index in [1.54, 1.807) is 0 Å². The van der Waals surface area contributed by atoms with Crippen LogP contribution in [-0.4, -0.2) is 29.7 Å². The quantitative estimate of drug-likeness (QED) is 0.106. The molecular formula is C24H44Na2O7S. The number of unbranched alkanes of at least 4 members (excludes halogenated alkanes) is 4. The summed E-state index contributed by atoms with van der Waals surface area (Å²) >= 11 is 0. The second-order valence-corrected chi connectivity index (χ2v) is 10.9. The van der Waals surface area contributed by atoms with Crippen LogP contribution in [0.25, 0.3) is 0 Å². The summed E-state index contributed by atoms with van der Waals surface area (Å²) in [4.78, 5) is 24.5. The fourth-order valence-corrected chi connectivity index (χ4v) is 6.12. The monoisotopic (exact) mass is 522 g/mol. The SMILES string of the molecule is CCCCCC(CCC)CC(C(=O)[O-])C(CC(CCC)CCCCC)(C(=O)[O-])S(=O)(=O)O.[Na+].[Na+]. The normalized spacial score (nSPS) is 15.8. The Bertz CT molecular complexity index is 658. The molecule has 4 atom stereocenters. The number of rotatable bonds is 20. The smallest absolute Gasteiger partial charge is 0.550 e. The molecule has 0 saturated heterocycles. The summed E-state index contributed by atoms with van der Waals surface area (Å²) in [6, 6.07) is 0. The van der Waals surface area contributed by atoms with Crippen molar-refractivity contribution in [2.24, 2.45) is 17.8 Å². The summed E-state index contributed by atoms with van der Waals surface area (Å²) in [6.45, 7) is 7.92. The van der Waals surface area contributed by atoms with Gasteiger partial charge in [-0.1, -0.05) is 105 Å². The molecule has 0 aromatic carbocycles. The molecule has 34 heavy (non-hydrogen) atoms. The molecule has 10 heteroatoms. The molecule has 0 aromatic rings. The van der Waals surface area contributed by atoms with Crippen LogP contribution in [0.15, 0.2) is 0 Å². The zero-order valence-corrected chi connectivity index (χ0v) is 27.3. The van der Waals surface area contributed by atoms with Gasteiger partial charge in [0.25, 0.3) is 10.1 Å². The third-order valence-corrected chi connectivity index (χ3v) is 8.18. The van der Waals surface area contributed by atoms with Gasteiger partial charge in [0.2, 0.25) is 0 Å². The fourth-order valence-electron chi connectivity index (χ4n) is 4.91. The van der Waals surface area contributed by atoms with Gasteiger partial charge < -0.3 is 19.8 Å². The number of carboxylic acids is 2. The largest absolute Gasteiger partial charge is 1.00 e. The van der Waals surface area contributed by atoms with E-state index in [9.17, 15) is 32.8 Å². The number of hydrogen-bond acceptors (Lipinski definition) is 6. The Kier molecular flexibility index (Phi) is 24.1. The van der Waals surface area contributed by atoms with Gasteiger partial charge in [-0.3, -0.25) is 4.55 Å². The van der Waals surface area contributed by atoms with Gasteiger partial charge in [-0.05, 0) is 24.7 Å². The molecule has 0 rings (SSSR count). The van der Waals surface area contributed by atoms with Crippen LogP contribution in [0.1, 0.15) is 118 Å². The predicted octanol–water partition coefficient (Wildman–Crippen LogP) is -2.49. The average molecular weight is 523 g/mol. The van der Waals surface area contributed by atoms with Crippen molar-refractivity contribution >= 4 is 22.1 Å². The maximum absolute atomic E-state index is 12.6. The third-order valence-electron chi connectivity index (χ3n) is 6.64. The maximum atomic E-state index is 12.6.